The van der Waals surface area contributed by atoms with Crippen molar-refractivity contribution in [2.45, 2.75) is 32.5 Å². The molecule has 2 aliphatic heterocycles. The largest absolute Gasteiger partial charge is 0.353 e. The summed E-state index contributed by atoms with van der Waals surface area (Å²) in [5.74, 6) is -0.783. The van der Waals surface area contributed by atoms with Crippen LogP contribution in [-0.4, -0.2) is 46.4 Å². The van der Waals surface area contributed by atoms with Crippen LogP contribution in [0.3, 0.4) is 0 Å². The molecule has 0 radical (unpaired) electrons. The Morgan fingerprint density at radius 2 is 1.66 bits per heavy atom. The highest BCUT2D eigenvalue weighted by atomic mass is 32.2. The lowest BCUT2D eigenvalue weighted by Gasteiger charge is -2.27. The van der Waals surface area contributed by atoms with Gasteiger partial charge in [-0.2, -0.15) is 4.31 Å². The van der Waals surface area contributed by atoms with Crippen molar-refractivity contribution in [1.29, 1.82) is 0 Å². The number of hydrogen-bond donors (Lipinski definition) is 2. The molecule has 0 saturated carbocycles. The fourth-order valence-electron chi connectivity index (χ4n) is 6.14. The Morgan fingerprint density at radius 3 is 2.40 bits per heavy atom. The van der Waals surface area contributed by atoms with Gasteiger partial charge in [-0.1, -0.05) is 43.3 Å². The first-order chi connectivity index (χ1) is 16.8. The van der Waals surface area contributed by atoms with E-state index in [0.29, 0.717) is 24.1 Å². The van der Waals surface area contributed by atoms with Crippen molar-refractivity contribution >= 4 is 65.4 Å². The summed E-state index contributed by atoms with van der Waals surface area (Å²) < 4.78 is 29.2. The number of amides is 2. The Labute approximate surface area is 200 Å². The van der Waals surface area contributed by atoms with Crippen LogP contribution in [-0.2, 0) is 23.1 Å². The molecule has 0 spiro atoms. The third-order valence-corrected chi connectivity index (χ3v) is 8.84. The number of rotatable bonds is 2. The molecular weight excluding hydrogens is 464 g/mol. The Hall–Kier alpha value is -3.69. The third-order valence-electron chi connectivity index (χ3n) is 7.56. The standard InChI is InChI=1S/C26H22N4O4S/c1-3-14-12-29-23-13(11-30(14)35(2,33)34)7-6-9-16(23)19-21-20(25(31)28-26(21)32)18-15-8-4-5-10-17(15)27-22(18)24(19)29/h4-10,14,27H,3,11-12H2,1-2H3,(H,28,31,32)/t14-/m0/s1. The van der Waals surface area contributed by atoms with Gasteiger partial charge in [0.1, 0.15) is 0 Å². The zero-order valence-corrected chi connectivity index (χ0v) is 20.0. The van der Waals surface area contributed by atoms with Gasteiger partial charge in [0.05, 0.1) is 33.9 Å². The molecule has 0 fully saturated rings. The lowest BCUT2D eigenvalue weighted by Crippen LogP contribution is -2.39. The third kappa shape index (κ3) is 2.57. The van der Waals surface area contributed by atoms with Crippen molar-refractivity contribution in [2.75, 3.05) is 6.26 Å². The van der Waals surface area contributed by atoms with E-state index in [-0.39, 0.29) is 18.5 Å². The van der Waals surface area contributed by atoms with E-state index in [4.69, 9.17) is 0 Å². The van der Waals surface area contributed by atoms with Crippen LogP contribution in [0.2, 0.25) is 0 Å². The minimum atomic E-state index is -3.44. The molecule has 2 aliphatic rings. The maximum atomic E-state index is 13.2. The topological polar surface area (TPSA) is 104 Å². The number of nitrogens with one attached hydrogen (secondary N) is 2. The lowest BCUT2D eigenvalue weighted by molar-refractivity contribution is 0.0880. The smallest absolute Gasteiger partial charge is 0.259 e. The number of benzene rings is 3. The number of aromatic nitrogens is 2. The molecule has 0 aliphatic carbocycles. The molecule has 2 aromatic heterocycles. The number of H-pyrrole nitrogens is 1. The molecule has 2 amide bonds. The van der Waals surface area contributed by atoms with Crippen LogP contribution in [0.15, 0.2) is 42.5 Å². The fraction of sp³-hybridized carbons (Fsp3) is 0.231. The molecular formula is C26H22N4O4S. The van der Waals surface area contributed by atoms with Crippen LogP contribution < -0.4 is 5.32 Å². The first-order valence-corrected chi connectivity index (χ1v) is 13.5. The van der Waals surface area contributed by atoms with Crippen molar-refractivity contribution in [3.63, 3.8) is 0 Å². The number of imide groups is 1. The molecule has 8 nitrogen and oxygen atoms in total. The first kappa shape index (κ1) is 20.7. The van der Waals surface area contributed by atoms with Crippen LogP contribution in [0.1, 0.15) is 39.6 Å². The highest BCUT2D eigenvalue weighted by Crippen LogP contribution is 2.45. The molecule has 4 heterocycles. The van der Waals surface area contributed by atoms with Gasteiger partial charge in [-0.05, 0) is 18.1 Å². The Balaban J connectivity index is 1.74. The van der Waals surface area contributed by atoms with Gasteiger partial charge < -0.3 is 9.55 Å². The van der Waals surface area contributed by atoms with Gasteiger partial charge in [0.25, 0.3) is 11.8 Å². The molecule has 2 N–H and O–H groups in total. The number of para-hydroxylation sites is 2. The summed E-state index contributed by atoms with van der Waals surface area (Å²) in [6.07, 6.45) is 1.90. The molecule has 9 heteroatoms. The maximum absolute atomic E-state index is 13.2. The summed E-state index contributed by atoms with van der Waals surface area (Å²) in [5.41, 5.74) is 5.08. The zero-order chi connectivity index (χ0) is 24.2. The van der Waals surface area contributed by atoms with E-state index >= 15 is 0 Å². The monoisotopic (exact) mass is 486 g/mol. The fourth-order valence-corrected chi connectivity index (χ4v) is 7.27. The minimum Gasteiger partial charge on any atom is -0.353 e. The minimum absolute atomic E-state index is 0.251. The van der Waals surface area contributed by atoms with Gasteiger partial charge in [-0.3, -0.25) is 14.9 Å². The summed E-state index contributed by atoms with van der Waals surface area (Å²) in [5, 5.41) is 5.71. The molecule has 176 valence electrons. The lowest BCUT2D eigenvalue weighted by atomic mass is 9.96. The summed E-state index contributed by atoms with van der Waals surface area (Å²) in [6, 6.07) is 13.3. The number of fused-ring (bicyclic) bond motifs is 10. The van der Waals surface area contributed by atoms with E-state index in [2.05, 4.69) is 14.9 Å². The first-order valence-electron chi connectivity index (χ1n) is 11.6. The van der Waals surface area contributed by atoms with Crippen LogP contribution >= 0.6 is 0 Å². The summed E-state index contributed by atoms with van der Waals surface area (Å²) >= 11 is 0. The number of sulfonamides is 1. The highest BCUT2D eigenvalue weighted by molar-refractivity contribution is 7.88. The number of carbonyl (C=O) groups excluding carboxylic acids is 2. The SMILES string of the molecule is CC[C@H]1Cn2c3c(cccc3c3c4c(c5c6ccccc6[nH]c5c32)C(=O)NC4=O)CN1S(C)(=O)=O. The van der Waals surface area contributed by atoms with Gasteiger partial charge >= 0.3 is 0 Å². The van der Waals surface area contributed by atoms with Crippen molar-refractivity contribution in [2.24, 2.45) is 0 Å². The Bertz CT molecular complexity index is 1900. The van der Waals surface area contributed by atoms with Crippen molar-refractivity contribution in [3.05, 3.63) is 59.2 Å². The predicted octanol–water partition coefficient (Wildman–Crippen LogP) is 3.87. The van der Waals surface area contributed by atoms with E-state index in [1.807, 2.05) is 49.4 Å². The molecule has 35 heavy (non-hydrogen) atoms. The van der Waals surface area contributed by atoms with Crippen molar-refractivity contribution in [1.82, 2.24) is 19.2 Å². The second-order valence-corrected chi connectivity index (χ2v) is 11.4. The number of aromatic amines is 1. The normalized spacial score (nSPS) is 18.6. The zero-order valence-electron chi connectivity index (χ0n) is 19.2. The average molecular weight is 487 g/mol. The molecule has 3 aromatic carbocycles. The second-order valence-electron chi connectivity index (χ2n) is 9.47. The maximum Gasteiger partial charge on any atom is 0.259 e. The quantitative estimate of drug-likeness (QED) is 0.370. The van der Waals surface area contributed by atoms with Gasteiger partial charge in [-0.15, -0.1) is 0 Å². The molecule has 5 aromatic rings. The van der Waals surface area contributed by atoms with Gasteiger partial charge in [0.15, 0.2) is 0 Å². The Kier molecular flexibility index (Phi) is 3.96. The van der Waals surface area contributed by atoms with E-state index in [9.17, 15) is 18.0 Å². The molecule has 0 bridgehead atoms. The number of hydrogen-bond acceptors (Lipinski definition) is 4. The van der Waals surface area contributed by atoms with Crippen molar-refractivity contribution < 1.29 is 18.0 Å². The Morgan fingerprint density at radius 1 is 0.943 bits per heavy atom. The van der Waals surface area contributed by atoms with Gasteiger partial charge in [-0.25, -0.2) is 8.42 Å². The van der Waals surface area contributed by atoms with Crippen LogP contribution in [0, 0.1) is 0 Å². The van der Waals surface area contributed by atoms with E-state index in [0.717, 1.165) is 49.2 Å². The average Bonchev–Trinajstić information content (AvgIpc) is 3.40. The van der Waals surface area contributed by atoms with E-state index < -0.39 is 15.9 Å². The van der Waals surface area contributed by atoms with Crippen LogP contribution in [0.25, 0.3) is 43.6 Å². The van der Waals surface area contributed by atoms with E-state index in [1.165, 1.54) is 6.26 Å². The number of nitrogens with zero attached hydrogens (tertiary/aromatic N) is 2. The molecule has 1 atom stereocenters. The summed E-state index contributed by atoms with van der Waals surface area (Å²) in [6.45, 7) is 2.69. The van der Waals surface area contributed by atoms with Gasteiger partial charge in [0.2, 0.25) is 10.0 Å². The highest BCUT2D eigenvalue weighted by Gasteiger charge is 2.38. The number of carbonyl (C=O) groups is 2. The van der Waals surface area contributed by atoms with E-state index in [1.54, 1.807) is 4.31 Å². The van der Waals surface area contributed by atoms with Crippen LogP contribution in [0.4, 0.5) is 0 Å². The molecule has 0 unspecified atom stereocenters. The summed E-state index contributed by atoms with van der Waals surface area (Å²) in [4.78, 5) is 29.7. The second kappa shape index (κ2) is 6.71. The molecule has 0 saturated heterocycles. The van der Waals surface area contributed by atoms with Crippen LogP contribution in [0.5, 0.6) is 0 Å². The summed E-state index contributed by atoms with van der Waals surface area (Å²) in [7, 11) is -3.44. The van der Waals surface area contributed by atoms with Gasteiger partial charge in [0, 0.05) is 46.2 Å². The molecule has 7 rings (SSSR count). The van der Waals surface area contributed by atoms with Crippen molar-refractivity contribution in [3.8, 4) is 0 Å². The predicted molar refractivity (Wildman–Crippen MR) is 135 cm³/mol.